The fourth-order valence-corrected chi connectivity index (χ4v) is 1.31. The van der Waals surface area contributed by atoms with Crippen molar-refractivity contribution < 1.29 is 4.79 Å². The van der Waals surface area contributed by atoms with Crippen LogP contribution in [0.5, 0.6) is 0 Å². The normalized spacial score (nSPS) is 9.94. The van der Waals surface area contributed by atoms with Crippen LogP contribution in [-0.4, -0.2) is 15.9 Å². The molecule has 2 rings (SSSR count). The number of nitrogens with one attached hydrogen (secondary N) is 1. The summed E-state index contributed by atoms with van der Waals surface area (Å²) in [4.78, 5) is 19.7. The summed E-state index contributed by atoms with van der Waals surface area (Å²) in [6, 6.07) is 6.84. The summed E-state index contributed by atoms with van der Waals surface area (Å²) >= 11 is 0. The molecule has 2 aromatic heterocycles. The van der Waals surface area contributed by atoms with Gasteiger partial charge in [-0.3, -0.25) is 9.78 Å². The molecule has 0 aliphatic rings. The van der Waals surface area contributed by atoms with Gasteiger partial charge in [0.25, 0.3) is 5.91 Å². The molecule has 86 valence electrons. The molecule has 0 bridgehead atoms. The Balaban J connectivity index is 2.08. The predicted molar refractivity (Wildman–Crippen MR) is 64.3 cm³/mol. The molecule has 0 unspecified atom stereocenters. The molecule has 1 amide bonds. The number of aromatic nitrogens is 2. The molecule has 0 aliphatic carbocycles. The number of hydrogen-bond donors (Lipinski definition) is 2. The summed E-state index contributed by atoms with van der Waals surface area (Å²) in [5.41, 5.74) is 6.93. The van der Waals surface area contributed by atoms with Crippen LogP contribution in [0.4, 0.5) is 5.82 Å². The lowest BCUT2D eigenvalue weighted by Gasteiger charge is -2.04. The second kappa shape index (κ2) is 5.18. The number of carbonyl (C=O) groups is 1. The van der Waals surface area contributed by atoms with Gasteiger partial charge in [-0.05, 0) is 23.8 Å². The van der Waals surface area contributed by atoms with Crippen LogP contribution >= 0.6 is 0 Å². The molecular formula is C12H12N4O. The van der Waals surface area contributed by atoms with E-state index in [-0.39, 0.29) is 5.91 Å². The smallest absolute Gasteiger partial charge is 0.256 e. The third kappa shape index (κ3) is 2.85. The highest BCUT2D eigenvalue weighted by atomic mass is 16.1. The molecule has 0 fully saturated rings. The van der Waals surface area contributed by atoms with Crippen LogP contribution in [0.1, 0.15) is 15.9 Å². The molecule has 3 N–H and O–H groups in total. The zero-order valence-corrected chi connectivity index (χ0v) is 9.13. The van der Waals surface area contributed by atoms with Crippen molar-refractivity contribution in [2.24, 2.45) is 5.73 Å². The Morgan fingerprint density at radius 1 is 1.24 bits per heavy atom. The van der Waals surface area contributed by atoms with Crippen molar-refractivity contribution in [3.8, 4) is 0 Å². The summed E-state index contributed by atoms with van der Waals surface area (Å²) in [5, 5.41) is 2.69. The van der Waals surface area contributed by atoms with Crippen LogP contribution in [0, 0.1) is 0 Å². The summed E-state index contributed by atoms with van der Waals surface area (Å²) in [5.74, 6) is 0.296. The van der Waals surface area contributed by atoms with Crippen molar-refractivity contribution in [3.05, 3.63) is 54.0 Å². The van der Waals surface area contributed by atoms with Gasteiger partial charge >= 0.3 is 0 Å². The minimum atomic E-state index is -0.208. The van der Waals surface area contributed by atoms with E-state index in [1.54, 1.807) is 36.8 Å². The molecule has 0 radical (unpaired) electrons. The summed E-state index contributed by atoms with van der Waals surface area (Å²) < 4.78 is 0. The maximum atomic E-state index is 11.8. The minimum absolute atomic E-state index is 0.208. The van der Waals surface area contributed by atoms with E-state index >= 15 is 0 Å². The van der Waals surface area contributed by atoms with Crippen LogP contribution in [0.25, 0.3) is 0 Å². The Bertz CT molecular complexity index is 496. The van der Waals surface area contributed by atoms with Crippen molar-refractivity contribution in [3.63, 3.8) is 0 Å². The van der Waals surface area contributed by atoms with Crippen molar-refractivity contribution in [2.45, 2.75) is 6.54 Å². The molecule has 2 aromatic rings. The average molecular weight is 228 g/mol. The molecule has 5 nitrogen and oxygen atoms in total. The van der Waals surface area contributed by atoms with Crippen molar-refractivity contribution in [2.75, 3.05) is 5.32 Å². The number of carbonyl (C=O) groups excluding carboxylic acids is 1. The monoisotopic (exact) mass is 228 g/mol. The second-order valence-corrected chi connectivity index (χ2v) is 3.45. The number of amides is 1. The number of rotatable bonds is 3. The Morgan fingerprint density at radius 3 is 2.59 bits per heavy atom. The van der Waals surface area contributed by atoms with Crippen LogP contribution in [-0.2, 0) is 6.54 Å². The van der Waals surface area contributed by atoms with Gasteiger partial charge in [-0.1, -0.05) is 6.07 Å². The lowest BCUT2D eigenvalue weighted by Crippen LogP contribution is -2.13. The first-order valence-electron chi connectivity index (χ1n) is 5.16. The van der Waals surface area contributed by atoms with Gasteiger partial charge in [0, 0.05) is 30.7 Å². The summed E-state index contributed by atoms with van der Waals surface area (Å²) in [7, 11) is 0. The molecule has 2 heterocycles. The van der Waals surface area contributed by atoms with Gasteiger partial charge in [-0.2, -0.15) is 0 Å². The van der Waals surface area contributed by atoms with Crippen molar-refractivity contribution in [1.29, 1.82) is 0 Å². The van der Waals surface area contributed by atoms with E-state index in [0.29, 0.717) is 17.9 Å². The average Bonchev–Trinajstić information content (AvgIpc) is 2.40. The lowest BCUT2D eigenvalue weighted by molar-refractivity contribution is 0.102. The Morgan fingerprint density at radius 2 is 2.00 bits per heavy atom. The molecule has 0 spiro atoms. The number of pyridine rings is 2. The van der Waals surface area contributed by atoms with E-state index in [4.69, 9.17) is 5.73 Å². The molecule has 5 heteroatoms. The van der Waals surface area contributed by atoms with E-state index in [1.165, 1.54) is 0 Å². The van der Waals surface area contributed by atoms with E-state index < -0.39 is 0 Å². The highest BCUT2D eigenvalue weighted by Crippen LogP contribution is 2.06. The third-order valence-corrected chi connectivity index (χ3v) is 2.24. The van der Waals surface area contributed by atoms with Gasteiger partial charge in [0.1, 0.15) is 5.82 Å². The zero-order chi connectivity index (χ0) is 12.1. The first-order chi connectivity index (χ1) is 8.29. The maximum absolute atomic E-state index is 11.8. The highest BCUT2D eigenvalue weighted by Gasteiger charge is 2.05. The van der Waals surface area contributed by atoms with E-state index in [2.05, 4.69) is 15.3 Å². The molecule has 0 saturated heterocycles. The third-order valence-electron chi connectivity index (χ3n) is 2.24. The van der Waals surface area contributed by atoms with Gasteiger partial charge in [-0.15, -0.1) is 0 Å². The van der Waals surface area contributed by atoms with Crippen LogP contribution < -0.4 is 11.1 Å². The Kier molecular flexibility index (Phi) is 3.42. The minimum Gasteiger partial charge on any atom is -0.326 e. The molecule has 0 atom stereocenters. The Labute approximate surface area is 98.7 Å². The van der Waals surface area contributed by atoms with Gasteiger partial charge in [0.2, 0.25) is 0 Å². The Hall–Kier alpha value is -2.27. The van der Waals surface area contributed by atoms with Gasteiger partial charge in [0.05, 0.1) is 0 Å². The molecule has 0 aromatic carbocycles. The number of nitrogens with two attached hydrogens (primary N) is 1. The fourth-order valence-electron chi connectivity index (χ4n) is 1.31. The molecular weight excluding hydrogens is 216 g/mol. The standard InChI is InChI=1S/C12H12N4O/c13-7-9-1-2-11(15-8-9)16-12(17)10-3-5-14-6-4-10/h1-6,8H,7,13H2,(H,15,16,17). The quantitative estimate of drug-likeness (QED) is 0.826. The predicted octanol–water partition coefficient (Wildman–Crippen LogP) is 1.19. The summed E-state index contributed by atoms with van der Waals surface area (Å²) in [6.45, 7) is 0.436. The molecule has 17 heavy (non-hydrogen) atoms. The van der Waals surface area contributed by atoms with Crippen LogP contribution in [0.15, 0.2) is 42.9 Å². The highest BCUT2D eigenvalue weighted by molar-refractivity contribution is 6.03. The fraction of sp³-hybridized carbons (Fsp3) is 0.0833. The zero-order valence-electron chi connectivity index (χ0n) is 9.13. The molecule has 0 aliphatic heterocycles. The van der Waals surface area contributed by atoms with Gasteiger partial charge in [0.15, 0.2) is 0 Å². The first kappa shape index (κ1) is 11.2. The van der Waals surface area contributed by atoms with E-state index in [9.17, 15) is 4.79 Å². The SMILES string of the molecule is NCc1ccc(NC(=O)c2ccncc2)nc1. The molecule has 0 saturated carbocycles. The van der Waals surface area contributed by atoms with Gasteiger partial charge in [-0.25, -0.2) is 4.98 Å². The second-order valence-electron chi connectivity index (χ2n) is 3.45. The van der Waals surface area contributed by atoms with Crippen LogP contribution in [0.2, 0.25) is 0 Å². The van der Waals surface area contributed by atoms with E-state index in [1.807, 2.05) is 6.07 Å². The lowest BCUT2D eigenvalue weighted by atomic mass is 10.2. The largest absolute Gasteiger partial charge is 0.326 e. The topological polar surface area (TPSA) is 80.9 Å². The van der Waals surface area contributed by atoms with Crippen LogP contribution in [0.3, 0.4) is 0 Å². The van der Waals surface area contributed by atoms with Crippen molar-refractivity contribution in [1.82, 2.24) is 9.97 Å². The van der Waals surface area contributed by atoms with E-state index in [0.717, 1.165) is 5.56 Å². The number of hydrogen-bond acceptors (Lipinski definition) is 4. The summed E-state index contributed by atoms with van der Waals surface area (Å²) in [6.07, 6.45) is 4.78. The van der Waals surface area contributed by atoms with Crippen molar-refractivity contribution >= 4 is 11.7 Å². The first-order valence-corrected chi connectivity index (χ1v) is 5.16. The maximum Gasteiger partial charge on any atom is 0.256 e. The van der Waals surface area contributed by atoms with Gasteiger partial charge < -0.3 is 11.1 Å². The number of nitrogens with zero attached hydrogens (tertiary/aromatic N) is 2. The number of anilines is 1.